The van der Waals surface area contributed by atoms with E-state index in [4.69, 9.17) is 55.5 Å². The molecule has 4 aromatic carbocycles. The minimum absolute atomic E-state index is 0.00300. The average molecular weight is 1770 g/mol. The number of urea groups is 1. The van der Waals surface area contributed by atoms with E-state index in [0.29, 0.717) is 116 Å². The number of hydrogen-bond acceptors (Lipinski definition) is 26. The number of ether oxygens (including phenoxy) is 7. The molecular formula is C86H108ClN15O20S2. The summed E-state index contributed by atoms with van der Waals surface area (Å²) in [7, 11) is 1.56. The van der Waals surface area contributed by atoms with Gasteiger partial charge in [0.15, 0.2) is 11.6 Å². The Labute approximate surface area is 731 Å². The molecule has 0 radical (unpaired) electrons. The highest BCUT2D eigenvalue weighted by Gasteiger charge is 2.46. The van der Waals surface area contributed by atoms with E-state index in [2.05, 4.69) is 61.3 Å². The highest BCUT2D eigenvalue weighted by molar-refractivity contribution is 8.00. The Morgan fingerprint density at radius 1 is 0.718 bits per heavy atom. The number of nitrogens with one attached hydrogen (secondary N) is 7. The van der Waals surface area contributed by atoms with Gasteiger partial charge in [0.1, 0.15) is 41.9 Å². The van der Waals surface area contributed by atoms with Crippen molar-refractivity contribution >= 4 is 134 Å². The van der Waals surface area contributed by atoms with Crippen LogP contribution in [-0.2, 0) is 78.2 Å². The zero-order valence-corrected chi connectivity index (χ0v) is 72.8. The van der Waals surface area contributed by atoms with Gasteiger partial charge in [-0.3, -0.25) is 77.4 Å². The minimum Gasteiger partial charge on any atom is -0.491 e. The van der Waals surface area contributed by atoms with Crippen molar-refractivity contribution in [2.45, 2.75) is 142 Å². The van der Waals surface area contributed by atoms with E-state index in [9.17, 15) is 62.3 Å². The van der Waals surface area contributed by atoms with Crippen LogP contribution in [-0.4, -0.2) is 248 Å². The molecule has 4 aliphatic heterocycles. The van der Waals surface area contributed by atoms with Gasteiger partial charge >= 0.3 is 12.1 Å². The first-order valence-electron chi connectivity index (χ1n) is 41.5. The summed E-state index contributed by atoms with van der Waals surface area (Å²) in [6, 6.07) is 22.1. The number of ketones is 1. The Morgan fingerprint density at radius 3 is 2.11 bits per heavy atom. The second kappa shape index (κ2) is 47.7. The molecule has 10 rings (SSSR count). The number of nitrogens with two attached hydrogens (primary N) is 1. The zero-order valence-electron chi connectivity index (χ0n) is 70.4. The zero-order chi connectivity index (χ0) is 88.8. The lowest BCUT2D eigenvalue weighted by atomic mass is 9.89. The predicted octanol–water partition coefficient (Wildman–Crippen LogP) is 8.10. The van der Waals surface area contributed by atoms with Crippen LogP contribution in [0.5, 0.6) is 5.75 Å². The number of anilines is 3. The summed E-state index contributed by atoms with van der Waals surface area (Å²) in [5.74, 6) is -3.70. The quantitative estimate of drug-likeness (QED) is 0.0132. The maximum atomic E-state index is 14.1. The number of aromatic nitrogens is 3. The predicted molar refractivity (Wildman–Crippen MR) is 462 cm³/mol. The van der Waals surface area contributed by atoms with Crippen molar-refractivity contribution in [1.29, 1.82) is 0 Å². The number of piperidine rings is 1. The van der Waals surface area contributed by atoms with Crippen LogP contribution in [0.4, 0.5) is 26.7 Å². The van der Waals surface area contributed by atoms with Crippen molar-refractivity contribution in [2.24, 2.45) is 22.6 Å². The molecule has 124 heavy (non-hydrogen) atoms. The maximum Gasteiger partial charge on any atom is 0.410 e. The number of aliphatic imine (C=N–C) groups is 1. The number of halogens is 1. The summed E-state index contributed by atoms with van der Waals surface area (Å²) in [4.78, 5) is 180. The number of aryl methyl sites for hydroxylation is 2. The summed E-state index contributed by atoms with van der Waals surface area (Å²) >= 11 is 9.29. The van der Waals surface area contributed by atoms with Crippen molar-refractivity contribution in [2.75, 3.05) is 134 Å². The number of unbranched alkanes of at least 4 members (excludes halogenated alkanes) is 2. The monoisotopic (exact) mass is 1770 g/mol. The summed E-state index contributed by atoms with van der Waals surface area (Å²) in [6.07, 6.45) is 1.33. The molecule has 2 aromatic heterocycles. The van der Waals surface area contributed by atoms with Gasteiger partial charge in [0.05, 0.1) is 101 Å². The molecule has 4 aliphatic rings. The molecule has 666 valence electrons. The van der Waals surface area contributed by atoms with Gasteiger partial charge in [0.2, 0.25) is 47.3 Å². The van der Waals surface area contributed by atoms with E-state index >= 15 is 0 Å². The second-order valence-electron chi connectivity index (χ2n) is 30.2. The highest BCUT2D eigenvalue weighted by Crippen LogP contribution is 2.41. The smallest absolute Gasteiger partial charge is 0.410 e. The number of nitrogens with zero attached hydrogens (tertiary/aromatic N) is 7. The number of primary amides is 1. The summed E-state index contributed by atoms with van der Waals surface area (Å²) < 4.78 is 42.2. The third kappa shape index (κ3) is 27.2. The molecule has 2 unspecified atom stereocenters. The number of hydrogen-bond donors (Lipinski definition) is 8. The highest BCUT2D eigenvalue weighted by atomic mass is 35.5. The van der Waals surface area contributed by atoms with Crippen LogP contribution in [0.15, 0.2) is 96.0 Å². The summed E-state index contributed by atoms with van der Waals surface area (Å²) in [5, 5.41) is 29.0. The number of Topliss-reactive ketones (excluding diaryl/α,β-unsaturated/α-hetero) is 1. The third-order valence-electron chi connectivity index (χ3n) is 21.0. The van der Waals surface area contributed by atoms with E-state index in [1.165, 1.54) is 27.6 Å². The van der Waals surface area contributed by atoms with Crippen LogP contribution in [0.1, 0.15) is 156 Å². The number of imide groups is 3. The van der Waals surface area contributed by atoms with Crippen molar-refractivity contribution in [3.8, 4) is 10.8 Å². The van der Waals surface area contributed by atoms with Crippen LogP contribution in [0.25, 0.3) is 5.00 Å². The van der Waals surface area contributed by atoms with Gasteiger partial charge in [-0.15, -0.1) is 33.3 Å². The van der Waals surface area contributed by atoms with E-state index in [1.807, 2.05) is 35.8 Å². The number of thiophene rings is 1. The first-order valence-corrected chi connectivity index (χ1v) is 43.7. The Balaban J connectivity index is 0.679. The van der Waals surface area contributed by atoms with Crippen molar-refractivity contribution < 1.29 is 95.5 Å². The SMILES string of the molecule is CNC(=O)CCOCCOCCOCCSC1CC(=O)N(CCCCCC(=O)N[C@H](C(=O)C[C@@H](CCCNC(N)=O)C(=O)Nc2ccc(COC(=O)N(CCOCCNc3cccc4c3C(=O)N(C3CCC(=O)NC3=O)C4=O)CCOCCOc3ccc(NC(=O)C[C@@H]4N=C(c5ccc(Cl)cc5)c5c(sc(C)c5C)-n5c(C)nnc54)cc3)cc2)C(C)C)C1=O. The first kappa shape index (κ1) is 95.2. The van der Waals surface area contributed by atoms with Gasteiger partial charge in [-0.1, -0.05) is 62.2 Å². The molecule has 6 heterocycles. The molecule has 35 nitrogen and oxygen atoms in total. The molecule has 0 aliphatic carbocycles. The lowest BCUT2D eigenvalue weighted by molar-refractivity contribution is -0.139. The number of benzene rings is 4. The Hall–Kier alpha value is -11.1. The molecule has 6 aromatic rings. The average Bonchev–Trinajstić information content (AvgIpc) is 1.58. The number of likely N-dealkylation sites (tertiary alicyclic amines) is 1. The van der Waals surface area contributed by atoms with Gasteiger partial charge < -0.3 is 75.7 Å². The van der Waals surface area contributed by atoms with Crippen molar-refractivity contribution in [3.05, 3.63) is 146 Å². The van der Waals surface area contributed by atoms with Crippen molar-refractivity contribution in [1.82, 2.24) is 50.7 Å². The van der Waals surface area contributed by atoms with Gasteiger partial charge in [0, 0.05) is 122 Å². The second-order valence-corrected chi connectivity index (χ2v) is 33.1. The molecule has 5 atom stereocenters. The Bertz CT molecular complexity index is 4800. The number of amides is 13. The largest absolute Gasteiger partial charge is 0.491 e. The van der Waals surface area contributed by atoms with Gasteiger partial charge in [-0.25, -0.2) is 9.59 Å². The molecule has 2 saturated heterocycles. The number of rotatable bonds is 51. The van der Waals surface area contributed by atoms with Gasteiger partial charge in [-0.05, 0) is 131 Å². The standard InChI is InChI=1S/C86H108ClN15O20S2/c1-52(2)76(95-70(105)15-8-7-9-33-100-73(108)50-68(82(100)112)123-47-46-120-43-42-119-41-40-116-36-30-69(104)89-6)67(103)48-58(12-11-31-91-85(88)114)79(109)93-61-22-16-56(17-23-61)51-122-86(115)99(34-38-117-37-32-90-64-14-10-13-63-75(64)83(113)102(81(63)111)66-28-29-71(106)96-80(66)110)35-39-118-44-45-121-62-26-24-60(25-27-62)92-72(107)49-65-78-98-97-55(5)101(78)84-74(53(3)54(4)124-84)77(94-65)57-18-20-59(87)21-19-57/h10,13-14,16-27,52,58,65-66,68,76,90H,7-9,11-12,15,28-51H2,1-6H3,(H,89,104)(H,92,107)(H,93,109)(H,95,105)(H3,88,91,114)(H,96,106,110)/t58-,65+,66?,68?,76+/m1/s1. The molecule has 2 fully saturated rings. The third-order valence-corrected chi connectivity index (χ3v) is 23.6. The molecule has 38 heteroatoms. The molecule has 0 saturated carbocycles. The summed E-state index contributed by atoms with van der Waals surface area (Å²) in [6.45, 7) is 12.5. The fourth-order valence-electron chi connectivity index (χ4n) is 14.3. The molecule has 0 bridgehead atoms. The summed E-state index contributed by atoms with van der Waals surface area (Å²) in [5.41, 5.74) is 10.9. The van der Waals surface area contributed by atoms with Crippen molar-refractivity contribution in [3.63, 3.8) is 0 Å². The number of carbonyl (C=O) groups excluding carboxylic acids is 13. The van der Waals surface area contributed by atoms with E-state index < -0.39 is 71.0 Å². The number of fused-ring (bicyclic) bond motifs is 4. The lowest BCUT2D eigenvalue weighted by Gasteiger charge is -2.27. The maximum absolute atomic E-state index is 14.1. The van der Waals surface area contributed by atoms with Crippen LogP contribution >= 0.6 is 34.7 Å². The van der Waals surface area contributed by atoms with Crippen LogP contribution in [0, 0.1) is 32.6 Å². The van der Waals surface area contributed by atoms with Crippen LogP contribution in [0.3, 0.4) is 0 Å². The molecular weight excluding hydrogens is 1660 g/mol. The number of carbonyl (C=O) groups is 13. The molecule has 9 N–H and O–H groups in total. The van der Waals surface area contributed by atoms with E-state index in [1.54, 1.807) is 92.9 Å². The fourth-order valence-corrected chi connectivity index (χ4v) is 16.6. The molecule has 13 amide bonds. The minimum atomic E-state index is -1.14. The topological polar surface area (TPSA) is 450 Å². The lowest BCUT2D eigenvalue weighted by Crippen LogP contribution is -2.54. The van der Waals surface area contributed by atoms with E-state index in [-0.39, 0.29) is 176 Å². The Kier molecular flexibility index (Phi) is 36.6. The molecule has 0 spiro atoms. The van der Waals surface area contributed by atoms with Gasteiger partial charge in [0.25, 0.3) is 11.8 Å². The van der Waals surface area contributed by atoms with Gasteiger partial charge in [-0.2, -0.15) is 0 Å². The number of thioether (sulfide) groups is 1. The van der Waals surface area contributed by atoms with E-state index in [0.717, 1.165) is 37.2 Å². The van der Waals surface area contributed by atoms with Crippen LogP contribution in [0.2, 0.25) is 5.02 Å². The Morgan fingerprint density at radius 2 is 1.40 bits per heavy atom. The fraction of sp³-hybridized carbons (Fsp3) is 0.488. The van der Waals surface area contributed by atoms with Crippen LogP contribution < -0.4 is 47.7 Å². The first-order chi connectivity index (χ1) is 59.8. The normalized spacial score (nSPS) is 15.9.